The van der Waals surface area contributed by atoms with E-state index in [1.54, 1.807) is 25.3 Å². The predicted octanol–water partition coefficient (Wildman–Crippen LogP) is 5.90. The number of anilines is 1. The topological polar surface area (TPSA) is 56.8 Å². The second-order valence-corrected chi connectivity index (χ2v) is 7.22. The van der Waals surface area contributed by atoms with Gasteiger partial charge in [0.05, 0.1) is 19.9 Å². The third kappa shape index (κ3) is 6.03. The Labute approximate surface area is 187 Å². The SMILES string of the molecule is COc1cc(Cl)c(C)cc1NC(=O)/C=C/c1ccc(OCc2ccccc2)c(OC)c1. The van der Waals surface area contributed by atoms with E-state index in [0.717, 1.165) is 16.7 Å². The van der Waals surface area contributed by atoms with E-state index < -0.39 is 0 Å². The Kier molecular flexibility index (Phi) is 7.57. The third-order valence-corrected chi connectivity index (χ3v) is 5.00. The van der Waals surface area contributed by atoms with Crippen LogP contribution in [0.15, 0.2) is 66.7 Å². The van der Waals surface area contributed by atoms with Crippen molar-refractivity contribution in [3.05, 3.63) is 88.5 Å². The van der Waals surface area contributed by atoms with Crippen molar-refractivity contribution in [2.75, 3.05) is 19.5 Å². The largest absolute Gasteiger partial charge is 0.495 e. The zero-order valence-corrected chi connectivity index (χ0v) is 18.4. The highest BCUT2D eigenvalue weighted by atomic mass is 35.5. The quantitative estimate of drug-likeness (QED) is 0.446. The number of aryl methyl sites for hydroxylation is 1. The van der Waals surface area contributed by atoms with E-state index in [-0.39, 0.29) is 5.91 Å². The summed E-state index contributed by atoms with van der Waals surface area (Å²) in [6.07, 6.45) is 3.15. The van der Waals surface area contributed by atoms with Gasteiger partial charge in [-0.3, -0.25) is 4.79 Å². The van der Waals surface area contributed by atoms with E-state index in [1.807, 2.05) is 55.5 Å². The number of carbonyl (C=O) groups excluding carboxylic acids is 1. The lowest BCUT2D eigenvalue weighted by Crippen LogP contribution is -2.09. The molecule has 0 aliphatic rings. The van der Waals surface area contributed by atoms with Gasteiger partial charge in [-0.25, -0.2) is 0 Å². The molecule has 0 unspecified atom stereocenters. The smallest absolute Gasteiger partial charge is 0.248 e. The third-order valence-electron chi connectivity index (χ3n) is 4.59. The van der Waals surface area contributed by atoms with Crippen molar-refractivity contribution in [2.45, 2.75) is 13.5 Å². The molecule has 160 valence electrons. The van der Waals surface area contributed by atoms with Crippen molar-refractivity contribution in [1.29, 1.82) is 0 Å². The summed E-state index contributed by atoms with van der Waals surface area (Å²) in [4.78, 5) is 12.4. The van der Waals surface area contributed by atoms with Gasteiger partial charge in [-0.05, 0) is 47.9 Å². The van der Waals surface area contributed by atoms with Gasteiger partial charge >= 0.3 is 0 Å². The summed E-state index contributed by atoms with van der Waals surface area (Å²) in [6, 6.07) is 18.8. The average molecular weight is 438 g/mol. The van der Waals surface area contributed by atoms with Crippen molar-refractivity contribution in [2.24, 2.45) is 0 Å². The highest BCUT2D eigenvalue weighted by molar-refractivity contribution is 6.31. The predicted molar refractivity (Wildman–Crippen MR) is 124 cm³/mol. The van der Waals surface area contributed by atoms with Crippen LogP contribution in [0.5, 0.6) is 17.2 Å². The first-order chi connectivity index (χ1) is 15.0. The molecular weight excluding hydrogens is 414 g/mol. The molecule has 0 atom stereocenters. The molecule has 0 fully saturated rings. The Hall–Kier alpha value is -3.44. The minimum atomic E-state index is -0.289. The molecule has 0 aromatic heterocycles. The van der Waals surface area contributed by atoms with Crippen LogP contribution in [0.2, 0.25) is 5.02 Å². The van der Waals surface area contributed by atoms with E-state index in [0.29, 0.717) is 34.6 Å². The number of methoxy groups -OCH3 is 2. The number of rotatable bonds is 8. The average Bonchev–Trinajstić information content (AvgIpc) is 2.79. The second kappa shape index (κ2) is 10.5. The Bertz CT molecular complexity index is 1080. The van der Waals surface area contributed by atoms with E-state index in [1.165, 1.54) is 13.2 Å². The van der Waals surface area contributed by atoms with Gasteiger partial charge in [-0.2, -0.15) is 0 Å². The molecule has 0 saturated carbocycles. The first kappa shape index (κ1) is 22.2. The molecule has 0 aliphatic carbocycles. The fourth-order valence-corrected chi connectivity index (χ4v) is 3.07. The highest BCUT2D eigenvalue weighted by Gasteiger charge is 2.09. The van der Waals surface area contributed by atoms with E-state index in [4.69, 9.17) is 25.8 Å². The molecule has 31 heavy (non-hydrogen) atoms. The summed E-state index contributed by atoms with van der Waals surface area (Å²) in [5.41, 5.74) is 3.27. The van der Waals surface area contributed by atoms with Crippen molar-refractivity contribution < 1.29 is 19.0 Å². The zero-order chi connectivity index (χ0) is 22.2. The van der Waals surface area contributed by atoms with Crippen molar-refractivity contribution in [1.82, 2.24) is 0 Å². The Balaban J connectivity index is 1.68. The van der Waals surface area contributed by atoms with Crippen LogP contribution in [0, 0.1) is 6.92 Å². The number of hydrogen-bond acceptors (Lipinski definition) is 4. The molecular formula is C25H24ClNO4. The molecule has 3 aromatic carbocycles. The summed E-state index contributed by atoms with van der Waals surface area (Å²) >= 11 is 6.11. The molecule has 0 heterocycles. The lowest BCUT2D eigenvalue weighted by Gasteiger charge is -2.12. The monoisotopic (exact) mass is 437 g/mol. The normalized spacial score (nSPS) is 10.7. The molecule has 1 N–H and O–H groups in total. The molecule has 3 rings (SSSR count). The van der Waals surface area contributed by atoms with Crippen LogP contribution in [0.25, 0.3) is 6.08 Å². The Morgan fingerprint density at radius 2 is 1.71 bits per heavy atom. The standard InChI is InChI=1S/C25H24ClNO4/c1-17-13-21(23(29-2)15-20(17)26)27-25(28)12-10-18-9-11-22(24(14-18)30-3)31-16-19-7-5-4-6-8-19/h4-15H,16H2,1-3H3,(H,27,28)/b12-10+. The number of hydrogen-bond donors (Lipinski definition) is 1. The lowest BCUT2D eigenvalue weighted by molar-refractivity contribution is -0.111. The molecule has 1 amide bonds. The summed E-state index contributed by atoms with van der Waals surface area (Å²) in [5.74, 6) is 1.44. The maximum absolute atomic E-state index is 12.4. The highest BCUT2D eigenvalue weighted by Crippen LogP contribution is 2.31. The van der Waals surface area contributed by atoms with Crippen LogP contribution in [-0.4, -0.2) is 20.1 Å². The van der Waals surface area contributed by atoms with Gasteiger partial charge in [0.15, 0.2) is 11.5 Å². The Morgan fingerprint density at radius 3 is 2.42 bits per heavy atom. The molecule has 6 heteroatoms. The first-order valence-corrected chi connectivity index (χ1v) is 10.1. The van der Waals surface area contributed by atoms with Crippen molar-refractivity contribution in [3.63, 3.8) is 0 Å². The van der Waals surface area contributed by atoms with Crippen molar-refractivity contribution >= 4 is 29.3 Å². The van der Waals surface area contributed by atoms with E-state index >= 15 is 0 Å². The van der Waals surface area contributed by atoms with Crippen LogP contribution in [0.3, 0.4) is 0 Å². The first-order valence-electron chi connectivity index (χ1n) is 9.68. The van der Waals surface area contributed by atoms with Crippen LogP contribution in [0.4, 0.5) is 5.69 Å². The van der Waals surface area contributed by atoms with Gasteiger partial charge in [0.25, 0.3) is 0 Å². The molecule has 0 bridgehead atoms. The van der Waals surface area contributed by atoms with Crippen LogP contribution in [-0.2, 0) is 11.4 Å². The number of carbonyl (C=O) groups is 1. The number of halogens is 1. The van der Waals surface area contributed by atoms with Gasteiger partial charge in [0.1, 0.15) is 12.4 Å². The summed E-state index contributed by atoms with van der Waals surface area (Å²) in [6.45, 7) is 2.30. The summed E-state index contributed by atoms with van der Waals surface area (Å²) in [7, 11) is 3.11. The van der Waals surface area contributed by atoms with Crippen molar-refractivity contribution in [3.8, 4) is 17.2 Å². The molecule has 5 nitrogen and oxygen atoms in total. The van der Waals surface area contributed by atoms with Gasteiger partial charge in [0, 0.05) is 17.2 Å². The molecule has 3 aromatic rings. The molecule has 0 radical (unpaired) electrons. The van der Waals surface area contributed by atoms with Gasteiger partial charge in [0.2, 0.25) is 5.91 Å². The van der Waals surface area contributed by atoms with Gasteiger partial charge in [-0.1, -0.05) is 48.0 Å². The van der Waals surface area contributed by atoms with Gasteiger partial charge in [-0.15, -0.1) is 0 Å². The van der Waals surface area contributed by atoms with E-state index in [2.05, 4.69) is 5.32 Å². The number of amides is 1. The minimum Gasteiger partial charge on any atom is -0.495 e. The summed E-state index contributed by atoms with van der Waals surface area (Å²) in [5, 5.41) is 3.39. The maximum Gasteiger partial charge on any atom is 0.248 e. The fourth-order valence-electron chi connectivity index (χ4n) is 2.92. The maximum atomic E-state index is 12.4. The Morgan fingerprint density at radius 1 is 0.968 bits per heavy atom. The molecule has 0 saturated heterocycles. The molecule has 0 spiro atoms. The van der Waals surface area contributed by atoms with Crippen LogP contribution < -0.4 is 19.5 Å². The van der Waals surface area contributed by atoms with E-state index in [9.17, 15) is 4.79 Å². The number of benzene rings is 3. The van der Waals surface area contributed by atoms with Crippen LogP contribution >= 0.6 is 11.6 Å². The second-order valence-electron chi connectivity index (χ2n) is 6.81. The number of ether oxygens (including phenoxy) is 3. The fraction of sp³-hybridized carbons (Fsp3) is 0.160. The summed E-state index contributed by atoms with van der Waals surface area (Å²) < 4.78 is 16.6. The molecule has 0 aliphatic heterocycles. The van der Waals surface area contributed by atoms with Crippen LogP contribution in [0.1, 0.15) is 16.7 Å². The zero-order valence-electron chi connectivity index (χ0n) is 17.6. The van der Waals surface area contributed by atoms with Gasteiger partial charge < -0.3 is 19.5 Å². The number of nitrogens with one attached hydrogen (secondary N) is 1. The minimum absolute atomic E-state index is 0.289. The lowest BCUT2D eigenvalue weighted by atomic mass is 10.1.